The van der Waals surface area contributed by atoms with Crippen LogP contribution < -0.4 is 10.6 Å². The highest BCUT2D eigenvalue weighted by molar-refractivity contribution is 14.1. The summed E-state index contributed by atoms with van der Waals surface area (Å²) >= 11 is 2.18. The molecular formula is C9H9IO. The molecule has 1 aromatic rings. The van der Waals surface area contributed by atoms with Gasteiger partial charge in [-0.3, -0.25) is 0 Å². The van der Waals surface area contributed by atoms with E-state index < -0.39 is 0 Å². The van der Waals surface area contributed by atoms with E-state index in [2.05, 4.69) is 22.6 Å². The first-order valence-electron chi connectivity index (χ1n) is 3.35. The average Bonchev–Trinajstić information content (AvgIpc) is 2.47. The summed E-state index contributed by atoms with van der Waals surface area (Å²) in [5.41, 5.74) is 0.930. The van der Waals surface area contributed by atoms with Crippen LogP contribution in [-0.4, -0.2) is 0 Å². The van der Waals surface area contributed by atoms with Gasteiger partial charge in [-0.25, -0.2) is 0 Å². The van der Waals surface area contributed by atoms with Crippen LogP contribution in [0.5, 0.6) is 0 Å². The van der Waals surface area contributed by atoms with Crippen LogP contribution >= 0.6 is 22.6 Å². The Morgan fingerprint density at radius 2 is 2.36 bits per heavy atom. The minimum Gasteiger partial charge on any atom is -0.465 e. The van der Waals surface area contributed by atoms with Crippen molar-refractivity contribution in [2.75, 3.05) is 0 Å². The molecule has 0 bridgehead atoms. The smallest absolute Gasteiger partial charge is 0.129 e. The molecule has 0 amide bonds. The third-order valence-corrected chi connectivity index (χ3v) is 1.75. The molecule has 0 aliphatic carbocycles. The monoisotopic (exact) mass is 260 g/mol. The van der Waals surface area contributed by atoms with Crippen molar-refractivity contribution in [3.8, 4) is 0 Å². The Morgan fingerprint density at radius 1 is 1.55 bits per heavy atom. The van der Waals surface area contributed by atoms with Gasteiger partial charge in [0.1, 0.15) is 5.42 Å². The van der Waals surface area contributed by atoms with Crippen molar-refractivity contribution in [1.29, 1.82) is 0 Å². The molecule has 0 aliphatic rings. The molecule has 2 heteroatoms. The summed E-state index contributed by atoms with van der Waals surface area (Å²) in [5, 5.41) is 1.13. The fourth-order valence-corrected chi connectivity index (χ4v) is 1.05. The van der Waals surface area contributed by atoms with Crippen LogP contribution in [0.25, 0.3) is 12.2 Å². The molecule has 1 heterocycles. The average molecular weight is 260 g/mol. The van der Waals surface area contributed by atoms with Crippen molar-refractivity contribution in [3.63, 3.8) is 0 Å². The zero-order valence-corrected chi connectivity index (χ0v) is 8.41. The minimum absolute atomic E-state index is 0.930. The van der Waals surface area contributed by atoms with Gasteiger partial charge >= 0.3 is 0 Å². The van der Waals surface area contributed by atoms with E-state index in [0.717, 1.165) is 10.6 Å². The minimum atomic E-state index is 0.930. The van der Waals surface area contributed by atoms with Gasteiger partial charge in [0.25, 0.3) is 0 Å². The summed E-state index contributed by atoms with van der Waals surface area (Å²) < 4.78 is 7.15. The second-order valence-corrected chi connectivity index (χ2v) is 2.73. The fourth-order valence-electron chi connectivity index (χ4n) is 0.843. The maximum absolute atomic E-state index is 5.19. The lowest BCUT2D eigenvalue weighted by Crippen LogP contribution is -2.17. The Labute approximate surface area is 79.2 Å². The number of hydrogen-bond acceptors (Lipinski definition) is 1. The Bertz CT molecular complexity index is 346. The number of furan rings is 1. The molecule has 1 rings (SSSR count). The predicted octanol–water partition coefficient (Wildman–Crippen LogP) is 1.81. The number of allylic oxidation sites excluding steroid dienone is 1. The summed E-state index contributed by atoms with van der Waals surface area (Å²) in [6.45, 7) is 1.96. The zero-order valence-electron chi connectivity index (χ0n) is 6.25. The van der Waals surface area contributed by atoms with Gasteiger partial charge < -0.3 is 4.42 Å². The van der Waals surface area contributed by atoms with E-state index in [4.69, 9.17) is 4.42 Å². The molecule has 0 saturated heterocycles. The largest absolute Gasteiger partial charge is 0.465 e. The Hall–Kier alpha value is -0.510. The Balaban J connectivity index is 3.23. The molecule has 0 saturated carbocycles. The maximum atomic E-state index is 5.19. The molecule has 1 aromatic heterocycles. The van der Waals surface area contributed by atoms with E-state index in [0.29, 0.717) is 0 Å². The molecule has 0 aromatic carbocycles. The van der Waals surface area contributed by atoms with E-state index in [1.54, 1.807) is 6.26 Å². The summed E-state index contributed by atoms with van der Waals surface area (Å²) in [6.07, 6.45) is 7.65. The van der Waals surface area contributed by atoms with Gasteiger partial charge in [0.05, 0.1) is 6.26 Å². The van der Waals surface area contributed by atoms with Gasteiger partial charge in [-0.2, -0.15) is 0 Å². The maximum Gasteiger partial charge on any atom is 0.129 e. The summed E-state index contributed by atoms with van der Waals surface area (Å²) in [6, 6.07) is 1.95. The van der Waals surface area contributed by atoms with Crippen molar-refractivity contribution in [1.82, 2.24) is 0 Å². The normalized spacial score (nSPS) is 15.1. The quantitative estimate of drug-likeness (QED) is 0.702. The van der Waals surface area contributed by atoms with Gasteiger partial charge in [-0.15, -0.1) is 0 Å². The number of halogens is 1. The van der Waals surface area contributed by atoms with Crippen LogP contribution in [0.4, 0.5) is 0 Å². The lowest BCUT2D eigenvalue weighted by atomic mass is 10.4. The molecule has 0 unspecified atom stereocenters. The van der Waals surface area contributed by atoms with Crippen molar-refractivity contribution in [3.05, 3.63) is 33.1 Å². The van der Waals surface area contributed by atoms with Gasteiger partial charge in [-0.05, 0) is 23.1 Å². The van der Waals surface area contributed by atoms with Crippen molar-refractivity contribution >= 4 is 34.7 Å². The second-order valence-electron chi connectivity index (χ2n) is 2.01. The van der Waals surface area contributed by atoms with Gasteiger partial charge in [0.2, 0.25) is 0 Å². The van der Waals surface area contributed by atoms with Crippen LogP contribution in [0.3, 0.4) is 0 Å². The third kappa shape index (κ3) is 2.22. The fraction of sp³-hybridized carbons (Fsp3) is 0.111. The number of hydrogen-bond donors (Lipinski definition) is 0. The van der Waals surface area contributed by atoms with Crippen LogP contribution in [0, 0.1) is 0 Å². The molecule has 0 N–H and O–H groups in total. The van der Waals surface area contributed by atoms with Crippen LogP contribution in [-0.2, 0) is 0 Å². The van der Waals surface area contributed by atoms with Crippen molar-refractivity contribution < 1.29 is 4.42 Å². The molecule has 11 heavy (non-hydrogen) atoms. The molecule has 0 aliphatic heterocycles. The molecular weight excluding hydrogens is 251 g/mol. The van der Waals surface area contributed by atoms with Crippen LogP contribution in [0.2, 0.25) is 0 Å². The highest BCUT2D eigenvalue weighted by Gasteiger charge is 1.82. The van der Waals surface area contributed by atoms with Gasteiger partial charge in [0.15, 0.2) is 0 Å². The lowest BCUT2D eigenvalue weighted by Gasteiger charge is -1.73. The van der Waals surface area contributed by atoms with E-state index in [1.165, 1.54) is 0 Å². The molecule has 0 radical (unpaired) electrons. The van der Waals surface area contributed by atoms with E-state index in [1.807, 2.05) is 35.3 Å². The molecule has 0 fully saturated rings. The first-order chi connectivity index (χ1) is 5.38. The Kier molecular flexibility index (Phi) is 3.42. The van der Waals surface area contributed by atoms with Crippen LogP contribution in [0.1, 0.15) is 6.92 Å². The second kappa shape index (κ2) is 4.38. The standard InChI is InChI=1S/C9H9IO/c1-2-9-8(4-3-6-10)5-7-11-9/h2-7H,1H3/b6-3-,8-4-,9-2+. The van der Waals surface area contributed by atoms with Crippen molar-refractivity contribution in [2.45, 2.75) is 6.92 Å². The summed E-state index contributed by atoms with van der Waals surface area (Å²) in [5.74, 6) is 0. The zero-order chi connectivity index (χ0) is 8.10. The predicted molar refractivity (Wildman–Crippen MR) is 55.7 cm³/mol. The first-order valence-corrected chi connectivity index (χ1v) is 4.60. The SMILES string of the molecule is C/C=c1/occ/c1=C/C=C\I. The highest BCUT2D eigenvalue weighted by atomic mass is 127. The molecule has 58 valence electrons. The molecule has 0 atom stereocenters. The summed E-state index contributed by atoms with van der Waals surface area (Å²) in [4.78, 5) is 0. The van der Waals surface area contributed by atoms with Crippen molar-refractivity contribution in [2.24, 2.45) is 0 Å². The first kappa shape index (κ1) is 8.59. The molecule has 1 nitrogen and oxygen atoms in total. The summed E-state index contributed by atoms with van der Waals surface area (Å²) in [7, 11) is 0. The lowest BCUT2D eigenvalue weighted by molar-refractivity contribution is 0.530. The Morgan fingerprint density at radius 3 is 3.00 bits per heavy atom. The number of rotatable bonds is 1. The third-order valence-electron chi connectivity index (χ3n) is 1.34. The topological polar surface area (TPSA) is 13.1 Å². The van der Waals surface area contributed by atoms with E-state index >= 15 is 0 Å². The van der Waals surface area contributed by atoms with E-state index in [-0.39, 0.29) is 0 Å². The van der Waals surface area contributed by atoms with Crippen LogP contribution in [0.15, 0.2) is 26.9 Å². The molecule has 0 spiro atoms. The highest BCUT2D eigenvalue weighted by Crippen LogP contribution is 1.83. The van der Waals surface area contributed by atoms with E-state index in [9.17, 15) is 0 Å². The van der Waals surface area contributed by atoms with Gasteiger partial charge in [-0.1, -0.05) is 34.7 Å². The van der Waals surface area contributed by atoms with Gasteiger partial charge in [0, 0.05) is 5.22 Å².